The van der Waals surface area contributed by atoms with Gasteiger partial charge < -0.3 is 34.4 Å². The van der Waals surface area contributed by atoms with Crippen molar-refractivity contribution in [3.8, 4) is 0 Å². The quantitative estimate of drug-likeness (QED) is 0.442. The molecule has 1 saturated heterocycles. The van der Waals surface area contributed by atoms with E-state index in [0.717, 1.165) is 19.3 Å². The summed E-state index contributed by atoms with van der Waals surface area (Å²) in [6, 6.07) is -0.388. The molecule has 0 spiro atoms. The zero-order valence-corrected chi connectivity index (χ0v) is 26.6. The van der Waals surface area contributed by atoms with E-state index in [9.17, 15) is 20.1 Å². The summed E-state index contributed by atoms with van der Waals surface area (Å²) in [6.45, 7) is 18.0. The third-order valence-electron chi connectivity index (χ3n) is 9.55. The van der Waals surface area contributed by atoms with Crippen molar-refractivity contribution in [2.24, 2.45) is 23.7 Å². The van der Waals surface area contributed by atoms with E-state index >= 15 is 0 Å². The molecule has 1 aliphatic heterocycles. The molecule has 2 aliphatic rings. The molecule has 0 radical (unpaired) electrons. The predicted octanol–water partition coefficient (Wildman–Crippen LogP) is 4.17. The highest BCUT2D eigenvalue weighted by atomic mass is 16.6. The van der Waals surface area contributed by atoms with Gasteiger partial charge in [0.25, 0.3) is 0 Å². The molecule has 3 N–H and O–H groups in total. The van der Waals surface area contributed by atoms with Gasteiger partial charge in [-0.3, -0.25) is 4.79 Å². The number of hydrogen-bond acceptors (Lipinski definition) is 8. The van der Waals surface area contributed by atoms with Crippen LogP contribution in [0.5, 0.6) is 0 Å². The second kappa shape index (κ2) is 13.5. The van der Waals surface area contributed by atoms with E-state index in [2.05, 4.69) is 20.8 Å². The highest BCUT2D eigenvalue weighted by molar-refractivity contribution is 5.73. The van der Waals surface area contributed by atoms with Gasteiger partial charge in [0.1, 0.15) is 17.8 Å². The lowest BCUT2D eigenvalue weighted by Crippen LogP contribution is -2.59. The number of cyclic esters (lactones) is 1. The molecular formula is C31H59NO7. The van der Waals surface area contributed by atoms with E-state index in [4.69, 9.17) is 14.2 Å². The smallest absolute Gasteiger partial charge is 0.311 e. The lowest BCUT2D eigenvalue weighted by atomic mass is 9.77. The molecule has 12 atom stereocenters. The van der Waals surface area contributed by atoms with Crippen LogP contribution in [0.4, 0.5) is 0 Å². The molecule has 0 bridgehead atoms. The standard InChI is InChI=1S/C31H59NO7/c1-12-25-31(9,36)27(33)23(6)32(10)18-20(3)14-29(7,35)16-21(4)26(22(5)28(34)39-25)38-24-13-19(2)15-30(8,17-24)37-11/h19-27,33,35-36H,12-18H2,1-11H3/t19?,20-,21-,22?,23?,24-,25-,26+,27?,29-,30+,31-/m1/s1. The second-order valence-corrected chi connectivity index (χ2v) is 14.1. The van der Waals surface area contributed by atoms with Crippen molar-refractivity contribution in [2.45, 2.75) is 148 Å². The van der Waals surface area contributed by atoms with E-state index in [0.29, 0.717) is 31.7 Å². The van der Waals surface area contributed by atoms with E-state index in [1.165, 1.54) is 0 Å². The van der Waals surface area contributed by atoms with Crippen molar-refractivity contribution < 1.29 is 34.3 Å². The third kappa shape index (κ3) is 8.86. The van der Waals surface area contributed by atoms with Gasteiger partial charge in [0.2, 0.25) is 0 Å². The summed E-state index contributed by atoms with van der Waals surface area (Å²) < 4.78 is 18.6. The molecule has 8 nitrogen and oxygen atoms in total. The monoisotopic (exact) mass is 557 g/mol. The van der Waals surface area contributed by atoms with Gasteiger partial charge in [-0.2, -0.15) is 0 Å². The minimum atomic E-state index is -1.65. The maximum absolute atomic E-state index is 13.6. The van der Waals surface area contributed by atoms with E-state index in [1.54, 1.807) is 14.0 Å². The molecule has 1 heterocycles. The van der Waals surface area contributed by atoms with Gasteiger partial charge in [-0.05, 0) is 91.5 Å². The van der Waals surface area contributed by atoms with E-state index in [1.807, 2.05) is 46.6 Å². The fourth-order valence-corrected chi connectivity index (χ4v) is 7.44. The second-order valence-electron chi connectivity index (χ2n) is 14.1. The van der Waals surface area contributed by atoms with Crippen LogP contribution in [0.3, 0.4) is 0 Å². The minimum absolute atomic E-state index is 0.0891. The molecule has 1 aliphatic carbocycles. The Morgan fingerprint density at radius 2 is 1.62 bits per heavy atom. The minimum Gasteiger partial charge on any atom is -0.459 e. The zero-order valence-electron chi connectivity index (χ0n) is 26.6. The van der Waals surface area contributed by atoms with Gasteiger partial charge in [-0.15, -0.1) is 0 Å². The van der Waals surface area contributed by atoms with Gasteiger partial charge in [0.15, 0.2) is 0 Å². The summed E-state index contributed by atoms with van der Waals surface area (Å²) in [5, 5.41) is 34.2. The number of esters is 1. The first-order valence-corrected chi connectivity index (χ1v) is 15.1. The molecule has 0 amide bonds. The number of likely N-dealkylation sites (N-methyl/N-ethyl adjacent to an activating group) is 1. The van der Waals surface area contributed by atoms with Crippen LogP contribution in [0.2, 0.25) is 0 Å². The number of carbonyl (C=O) groups is 1. The summed E-state index contributed by atoms with van der Waals surface area (Å²) in [6.07, 6.45) is 1.35. The molecule has 2 rings (SSSR count). The summed E-state index contributed by atoms with van der Waals surface area (Å²) >= 11 is 0. The highest BCUT2D eigenvalue weighted by Crippen LogP contribution is 2.39. The van der Waals surface area contributed by atoms with E-state index < -0.39 is 41.4 Å². The normalized spacial score (nSPS) is 48.2. The van der Waals surface area contributed by atoms with Crippen molar-refractivity contribution in [2.75, 3.05) is 20.7 Å². The number of rotatable bonds is 4. The maximum atomic E-state index is 13.6. The Morgan fingerprint density at radius 3 is 2.18 bits per heavy atom. The van der Waals surface area contributed by atoms with Crippen molar-refractivity contribution in [1.29, 1.82) is 0 Å². The topological polar surface area (TPSA) is 109 Å². The SMILES string of the molecule is CC[C@H]1OC(=O)C(C)[C@@H](O[C@@H]2CC(C)C[C@](C)(OC)C2)[C@H](C)C[C@](C)(O)C[C@@H](C)CN(C)C(C)C(O)[C@]1(C)O. The first kappa shape index (κ1) is 34.4. The van der Waals surface area contributed by atoms with Crippen LogP contribution in [-0.2, 0) is 19.0 Å². The Labute approximate surface area is 237 Å². The fraction of sp³-hybridized carbons (Fsp3) is 0.968. The van der Waals surface area contributed by atoms with Crippen molar-refractivity contribution in [3.05, 3.63) is 0 Å². The Morgan fingerprint density at radius 1 is 1.00 bits per heavy atom. The van der Waals surface area contributed by atoms with Crippen LogP contribution >= 0.6 is 0 Å². The molecule has 0 aromatic rings. The van der Waals surface area contributed by atoms with Crippen molar-refractivity contribution in [3.63, 3.8) is 0 Å². The number of ether oxygens (including phenoxy) is 3. The highest BCUT2D eigenvalue weighted by Gasteiger charge is 2.47. The largest absolute Gasteiger partial charge is 0.459 e. The number of aliphatic hydroxyl groups excluding tert-OH is 1. The van der Waals surface area contributed by atoms with Gasteiger partial charge in [0, 0.05) is 26.1 Å². The third-order valence-corrected chi connectivity index (χ3v) is 9.55. The Kier molecular flexibility index (Phi) is 11.9. The van der Waals surface area contributed by atoms with Crippen LogP contribution in [0.15, 0.2) is 0 Å². The Balaban J connectivity index is 2.45. The van der Waals surface area contributed by atoms with Gasteiger partial charge in [0.05, 0.1) is 29.3 Å². The predicted molar refractivity (Wildman–Crippen MR) is 153 cm³/mol. The van der Waals surface area contributed by atoms with Crippen LogP contribution in [0, 0.1) is 23.7 Å². The Hall–Kier alpha value is -0.770. The fourth-order valence-electron chi connectivity index (χ4n) is 7.44. The lowest BCUT2D eigenvalue weighted by molar-refractivity contribution is -0.197. The number of carbonyl (C=O) groups excluding carboxylic acids is 1. The number of hydrogen-bond donors (Lipinski definition) is 3. The van der Waals surface area contributed by atoms with Crippen LogP contribution < -0.4 is 0 Å². The summed E-state index contributed by atoms with van der Waals surface area (Å²) in [4.78, 5) is 15.6. The van der Waals surface area contributed by atoms with Crippen molar-refractivity contribution in [1.82, 2.24) is 4.90 Å². The van der Waals surface area contributed by atoms with Crippen LogP contribution in [0.25, 0.3) is 0 Å². The maximum Gasteiger partial charge on any atom is 0.311 e. The van der Waals surface area contributed by atoms with Crippen LogP contribution in [-0.4, -0.2) is 94.2 Å². The van der Waals surface area contributed by atoms with E-state index in [-0.39, 0.29) is 29.6 Å². The average molecular weight is 558 g/mol. The number of nitrogens with zero attached hydrogens (tertiary/aromatic N) is 1. The summed E-state index contributed by atoms with van der Waals surface area (Å²) in [7, 11) is 3.65. The first-order valence-electron chi connectivity index (χ1n) is 15.1. The molecule has 230 valence electrons. The molecule has 8 heteroatoms. The molecule has 1 saturated carbocycles. The lowest BCUT2D eigenvalue weighted by Gasteiger charge is -2.43. The van der Waals surface area contributed by atoms with Gasteiger partial charge in [-0.1, -0.05) is 27.7 Å². The van der Waals surface area contributed by atoms with Gasteiger partial charge in [-0.25, -0.2) is 0 Å². The average Bonchev–Trinajstić information content (AvgIpc) is 2.82. The summed E-state index contributed by atoms with van der Waals surface area (Å²) in [5.41, 5.74) is -2.90. The van der Waals surface area contributed by atoms with Gasteiger partial charge >= 0.3 is 5.97 Å². The number of methoxy groups -OCH3 is 1. The first-order chi connectivity index (χ1) is 17.9. The van der Waals surface area contributed by atoms with Crippen molar-refractivity contribution >= 4 is 5.97 Å². The molecular weight excluding hydrogens is 498 g/mol. The summed E-state index contributed by atoms with van der Waals surface area (Å²) in [5.74, 6) is -0.675. The molecule has 0 aromatic carbocycles. The molecule has 4 unspecified atom stereocenters. The molecule has 39 heavy (non-hydrogen) atoms. The molecule has 0 aromatic heterocycles. The zero-order chi connectivity index (χ0) is 29.9. The van der Waals surface area contributed by atoms with Crippen LogP contribution in [0.1, 0.15) is 101 Å². The number of aliphatic hydroxyl groups is 3. The Bertz CT molecular complexity index is 789. The molecule has 2 fully saturated rings.